The van der Waals surface area contributed by atoms with Gasteiger partial charge in [-0.1, -0.05) is 24.3 Å². The summed E-state index contributed by atoms with van der Waals surface area (Å²) < 4.78 is 5.09. The van der Waals surface area contributed by atoms with Gasteiger partial charge >= 0.3 is 5.97 Å². The van der Waals surface area contributed by atoms with Gasteiger partial charge in [-0.05, 0) is 29.3 Å². The van der Waals surface area contributed by atoms with Gasteiger partial charge in [0, 0.05) is 23.0 Å². The lowest BCUT2D eigenvalue weighted by molar-refractivity contribution is -0.139. The van der Waals surface area contributed by atoms with Crippen molar-refractivity contribution in [2.45, 2.75) is 18.5 Å². The Labute approximate surface area is 144 Å². The summed E-state index contributed by atoms with van der Waals surface area (Å²) in [6.07, 6.45) is 0.410. The number of aromatic nitrogens is 1. The normalized spacial score (nSPS) is 19.6. The number of benzene rings is 2. The Bertz CT molecular complexity index is 963. The summed E-state index contributed by atoms with van der Waals surface area (Å²) in [6, 6.07) is 11.9. The summed E-state index contributed by atoms with van der Waals surface area (Å²) in [5.74, 6) is -0.484. The lowest BCUT2D eigenvalue weighted by atomic mass is 9.90. The molecule has 0 spiro atoms. The molecular formula is C19H18N2O4. The van der Waals surface area contributed by atoms with E-state index in [-0.39, 0.29) is 11.8 Å². The van der Waals surface area contributed by atoms with Crippen molar-refractivity contribution in [3.05, 3.63) is 59.3 Å². The minimum absolute atomic E-state index is 0.0249. The lowest BCUT2D eigenvalue weighted by Gasteiger charge is -2.29. The smallest absolute Gasteiger partial charge is 0.321 e. The molecule has 2 unspecified atom stereocenters. The van der Waals surface area contributed by atoms with Crippen molar-refractivity contribution in [2.24, 2.45) is 0 Å². The van der Waals surface area contributed by atoms with E-state index in [1.165, 1.54) is 7.11 Å². The van der Waals surface area contributed by atoms with Gasteiger partial charge in [-0.2, -0.15) is 0 Å². The number of carbonyl (C=O) groups is 1. The zero-order valence-corrected chi connectivity index (χ0v) is 13.6. The molecule has 0 saturated heterocycles. The number of rotatable bonds is 3. The molecule has 2 heterocycles. The molecule has 1 aliphatic heterocycles. The Morgan fingerprint density at radius 2 is 2.04 bits per heavy atom. The average Bonchev–Trinajstić information content (AvgIpc) is 2.99. The van der Waals surface area contributed by atoms with Crippen molar-refractivity contribution < 1.29 is 19.7 Å². The van der Waals surface area contributed by atoms with Crippen LogP contribution in [-0.2, 0) is 11.2 Å². The number of phenols is 1. The lowest BCUT2D eigenvalue weighted by Crippen LogP contribution is -2.44. The number of hydrogen-bond donors (Lipinski definition) is 4. The fraction of sp³-hybridized carbons (Fsp3) is 0.211. The third-order valence-corrected chi connectivity index (χ3v) is 4.75. The Morgan fingerprint density at radius 3 is 2.76 bits per heavy atom. The van der Waals surface area contributed by atoms with Crippen molar-refractivity contribution in [3.63, 3.8) is 0 Å². The van der Waals surface area contributed by atoms with Crippen molar-refractivity contribution in [2.75, 3.05) is 7.11 Å². The monoisotopic (exact) mass is 338 g/mol. The molecule has 0 amide bonds. The number of aromatic hydroxyl groups is 1. The zero-order chi connectivity index (χ0) is 17.6. The first-order valence-corrected chi connectivity index (χ1v) is 8.03. The van der Waals surface area contributed by atoms with Crippen LogP contribution >= 0.6 is 0 Å². The Balaban J connectivity index is 1.87. The number of carboxylic acid groups (broad SMARTS) is 1. The second-order valence-electron chi connectivity index (χ2n) is 6.19. The molecule has 25 heavy (non-hydrogen) atoms. The minimum Gasteiger partial charge on any atom is -0.504 e. The van der Waals surface area contributed by atoms with Crippen LogP contribution in [0.1, 0.15) is 22.9 Å². The number of para-hydroxylation sites is 1. The number of aromatic amines is 1. The van der Waals surface area contributed by atoms with Gasteiger partial charge in [0.15, 0.2) is 11.5 Å². The van der Waals surface area contributed by atoms with Crippen LogP contribution in [0.15, 0.2) is 42.5 Å². The van der Waals surface area contributed by atoms with E-state index in [1.54, 1.807) is 12.1 Å². The molecule has 6 nitrogen and oxygen atoms in total. The zero-order valence-electron chi connectivity index (χ0n) is 13.6. The highest BCUT2D eigenvalue weighted by atomic mass is 16.5. The standard InChI is InChI=1S/C19H18N2O4/c1-25-16-7-6-10(8-15(16)22)17-18-12(9-14(21-17)19(23)24)11-4-2-3-5-13(11)20-18/h2-8,14,17,20-22H,9H2,1H3,(H,23,24). The molecule has 6 heteroatoms. The number of methoxy groups -OCH3 is 1. The summed E-state index contributed by atoms with van der Waals surface area (Å²) in [7, 11) is 1.49. The summed E-state index contributed by atoms with van der Waals surface area (Å²) >= 11 is 0. The molecule has 4 rings (SSSR count). The molecule has 0 saturated carbocycles. The fourth-order valence-electron chi connectivity index (χ4n) is 3.54. The van der Waals surface area contributed by atoms with E-state index >= 15 is 0 Å². The Hall–Kier alpha value is -2.99. The predicted octanol–water partition coefficient (Wildman–Crippen LogP) is 2.57. The first kappa shape index (κ1) is 15.5. The van der Waals surface area contributed by atoms with Crippen LogP contribution in [0.4, 0.5) is 0 Å². The first-order valence-electron chi connectivity index (χ1n) is 8.03. The quantitative estimate of drug-likeness (QED) is 0.589. The van der Waals surface area contributed by atoms with Crippen LogP contribution in [0, 0.1) is 0 Å². The molecule has 2 atom stereocenters. The van der Waals surface area contributed by atoms with E-state index in [2.05, 4.69) is 10.3 Å². The first-order chi connectivity index (χ1) is 12.1. The molecular weight excluding hydrogens is 320 g/mol. The van der Waals surface area contributed by atoms with E-state index in [1.807, 2.05) is 30.3 Å². The number of hydrogen-bond acceptors (Lipinski definition) is 4. The van der Waals surface area contributed by atoms with Gasteiger partial charge in [-0.25, -0.2) is 0 Å². The van der Waals surface area contributed by atoms with Crippen molar-refractivity contribution in [1.82, 2.24) is 10.3 Å². The van der Waals surface area contributed by atoms with Crippen LogP contribution in [0.2, 0.25) is 0 Å². The number of nitrogens with one attached hydrogen (secondary N) is 2. The molecule has 2 aromatic carbocycles. The van der Waals surface area contributed by atoms with E-state index in [9.17, 15) is 15.0 Å². The molecule has 1 aliphatic rings. The molecule has 128 valence electrons. The molecule has 1 aromatic heterocycles. The van der Waals surface area contributed by atoms with E-state index in [4.69, 9.17) is 4.74 Å². The fourth-order valence-corrected chi connectivity index (χ4v) is 3.54. The maximum Gasteiger partial charge on any atom is 0.321 e. The summed E-state index contributed by atoms with van der Waals surface area (Å²) in [4.78, 5) is 15.0. The van der Waals surface area contributed by atoms with Gasteiger partial charge in [0.2, 0.25) is 0 Å². The largest absolute Gasteiger partial charge is 0.504 e. The van der Waals surface area contributed by atoms with Crippen LogP contribution in [0.5, 0.6) is 11.5 Å². The second kappa shape index (κ2) is 5.82. The van der Waals surface area contributed by atoms with E-state index < -0.39 is 12.0 Å². The predicted molar refractivity (Wildman–Crippen MR) is 93.1 cm³/mol. The third-order valence-electron chi connectivity index (χ3n) is 4.75. The number of fused-ring (bicyclic) bond motifs is 3. The van der Waals surface area contributed by atoms with Gasteiger partial charge in [0.05, 0.1) is 13.2 Å². The van der Waals surface area contributed by atoms with Gasteiger partial charge in [-0.3, -0.25) is 10.1 Å². The van der Waals surface area contributed by atoms with Crippen LogP contribution in [0.3, 0.4) is 0 Å². The van der Waals surface area contributed by atoms with Gasteiger partial charge in [0.25, 0.3) is 0 Å². The Morgan fingerprint density at radius 1 is 1.24 bits per heavy atom. The second-order valence-corrected chi connectivity index (χ2v) is 6.19. The number of H-pyrrole nitrogens is 1. The highest BCUT2D eigenvalue weighted by molar-refractivity contribution is 5.87. The number of ether oxygens (including phenoxy) is 1. The highest BCUT2D eigenvalue weighted by Crippen LogP contribution is 2.37. The molecule has 3 aromatic rings. The van der Waals surface area contributed by atoms with Gasteiger partial charge in [0.1, 0.15) is 6.04 Å². The third kappa shape index (κ3) is 2.51. The maximum atomic E-state index is 11.6. The average molecular weight is 338 g/mol. The van der Waals surface area contributed by atoms with E-state index in [0.717, 1.165) is 27.7 Å². The number of aliphatic carboxylic acids is 1. The Kier molecular flexibility index (Phi) is 3.62. The topological polar surface area (TPSA) is 94.6 Å². The van der Waals surface area contributed by atoms with Crippen molar-refractivity contribution >= 4 is 16.9 Å². The number of phenolic OH excluding ortho intramolecular Hbond substituents is 1. The molecule has 0 aliphatic carbocycles. The van der Waals surface area contributed by atoms with Crippen molar-refractivity contribution in [3.8, 4) is 11.5 Å². The summed E-state index contributed by atoms with van der Waals surface area (Å²) in [5, 5.41) is 23.8. The summed E-state index contributed by atoms with van der Waals surface area (Å²) in [5.41, 5.74) is 3.69. The molecule has 0 bridgehead atoms. The van der Waals surface area contributed by atoms with Gasteiger partial charge < -0.3 is 19.9 Å². The molecule has 0 radical (unpaired) electrons. The van der Waals surface area contributed by atoms with Crippen LogP contribution < -0.4 is 10.1 Å². The van der Waals surface area contributed by atoms with Crippen LogP contribution in [-0.4, -0.2) is 34.3 Å². The SMILES string of the molecule is COc1ccc(C2NC(C(=O)O)Cc3c2[nH]c2ccccc32)cc1O. The molecule has 0 fully saturated rings. The van der Waals surface area contributed by atoms with Crippen LogP contribution in [0.25, 0.3) is 10.9 Å². The minimum atomic E-state index is -0.890. The number of carboxylic acids is 1. The van der Waals surface area contributed by atoms with Crippen molar-refractivity contribution in [1.29, 1.82) is 0 Å². The summed E-state index contributed by atoms with van der Waals surface area (Å²) in [6.45, 7) is 0. The molecule has 4 N–H and O–H groups in total. The van der Waals surface area contributed by atoms with E-state index in [0.29, 0.717) is 12.2 Å². The van der Waals surface area contributed by atoms with Gasteiger partial charge in [-0.15, -0.1) is 0 Å². The maximum absolute atomic E-state index is 11.6. The highest BCUT2D eigenvalue weighted by Gasteiger charge is 2.34.